The van der Waals surface area contributed by atoms with E-state index in [2.05, 4.69) is 25.6 Å². The van der Waals surface area contributed by atoms with Crippen molar-refractivity contribution in [2.24, 2.45) is 0 Å². The number of hydrogen-bond donors (Lipinski definition) is 2. The first kappa shape index (κ1) is 14.7. The van der Waals surface area contributed by atoms with Crippen LogP contribution in [0, 0.1) is 12.7 Å². The summed E-state index contributed by atoms with van der Waals surface area (Å²) in [7, 11) is -4.15. The normalized spacial score (nSPS) is 11.3. The summed E-state index contributed by atoms with van der Waals surface area (Å²) in [4.78, 5) is 3.54. The molecule has 0 aliphatic heterocycles. The molecule has 106 valence electrons. The van der Waals surface area contributed by atoms with Crippen molar-refractivity contribution in [1.82, 2.24) is 4.98 Å². The molecule has 8 heteroatoms. The minimum absolute atomic E-state index is 0.153. The van der Waals surface area contributed by atoms with Gasteiger partial charge in [0.05, 0.1) is 11.4 Å². The lowest BCUT2D eigenvalue weighted by atomic mass is 10.2. The van der Waals surface area contributed by atoms with E-state index < -0.39 is 20.9 Å². The van der Waals surface area contributed by atoms with Gasteiger partial charge in [0.1, 0.15) is 0 Å². The van der Waals surface area contributed by atoms with Crippen molar-refractivity contribution in [1.29, 1.82) is 0 Å². The number of benzene rings is 1. The Morgan fingerprint density at radius 2 is 2.10 bits per heavy atom. The number of anilines is 2. The molecule has 0 radical (unpaired) electrons. The summed E-state index contributed by atoms with van der Waals surface area (Å²) >= 11 is 3.22. The first-order valence-corrected chi connectivity index (χ1v) is 7.78. The maximum absolute atomic E-state index is 13.5. The summed E-state index contributed by atoms with van der Waals surface area (Å²) in [6, 6.07) is 5.64. The Morgan fingerprint density at radius 1 is 1.40 bits per heavy atom. The van der Waals surface area contributed by atoms with Gasteiger partial charge in [-0.05, 0) is 52.7 Å². The molecule has 0 fully saturated rings. The van der Waals surface area contributed by atoms with E-state index in [1.807, 2.05) is 6.92 Å². The molecule has 0 saturated carbocycles. The number of rotatable bonds is 3. The Labute approximate surface area is 124 Å². The van der Waals surface area contributed by atoms with Crippen LogP contribution in [0.2, 0.25) is 0 Å². The van der Waals surface area contributed by atoms with E-state index in [1.54, 1.807) is 12.1 Å². The maximum Gasteiger partial charge on any atom is 0.282 e. The van der Waals surface area contributed by atoms with Gasteiger partial charge in [-0.25, -0.2) is 9.37 Å². The fourth-order valence-corrected chi connectivity index (χ4v) is 3.57. The van der Waals surface area contributed by atoms with Crippen LogP contribution in [0.3, 0.4) is 0 Å². The van der Waals surface area contributed by atoms with Crippen LogP contribution >= 0.6 is 15.9 Å². The quantitative estimate of drug-likeness (QED) is 0.825. The lowest BCUT2D eigenvalue weighted by Crippen LogP contribution is -2.17. The molecule has 0 amide bonds. The number of nitrogens with one attached hydrogen (secondary N) is 1. The third-order valence-electron chi connectivity index (χ3n) is 2.48. The van der Waals surface area contributed by atoms with Crippen molar-refractivity contribution in [3.05, 3.63) is 46.3 Å². The fourth-order valence-electron chi connectivity index (χ4n) is 1.63. The van der Waals surface area contributed by atoms with E-state index in [0.29, 0.717) is 4.47 Å². The molecule has 2 aromatic rings. The predicted molar refractivity (Wildman–Crippen MR) is 78.3 cm³/mol. The van der Waals surface area contributed by atoms with Crippen molar-refractivity contribution in [2.45, 2.75) is 11.9 Å². The Morgan fingerprint density at radius 3 is 2.70 bits per heavy atom. The van der Waals surface area contributed by atoms with Crippen LogP contribution in [0.25, 0.3) is 0 Å². The molecule has 1 heterocycles. The molecule has 2 rings (SSSR count). The average Bonchev–Trinajstić information content (AvgIpc) is 2.34. The number of aryl methyl sites for hydroxylation is 1. The summed E-state index contributed by atoms with van der Waals surface area (Å²) in [6.45, 7) is 1.82. The zero-order valence-corrected chi connectivity index (χ0v) is 12.8. The Hall–Kier alpha value is -1.67. The molecule has 0 aliphatic carbocycles. The van der Waals surface area contributed by atoms with Gasteiger partial charge in [-0.2, -0.15) is 8.42 Å². The topological polar surface area (TPSA) is 85.1 Å². The van der Waals surface area contributed by atoms with Gasteiger partial charge in [-0.1, -0.05) is 0 Å². The summed E-state index contributed by atoms with van der Waals surface area (Å²) in [5.41, 5.74) is 7.02. The molecule has 3 N–H and O–H groups in total. The van der Waals surface area contributed by atoms with Crippen LogP contribution in [0.5, 0.6) is 0 Å². The molecule has 0 unspecified atom stereocenters. The second-order valence-corrected chi connectivity index (χ2v) is 6.56. The Bertz CT molecular complexity index is 742. The second-order valence-electron chi connectivity index (χ2n) is 4.11. The number of sulfonamides is 1. The smallest absolute Gasteiger partial charge is 0.282 e. The van der Waals surface area contributed by atoms with E-state index >= 15 is 0 Å². The number of nitrogens with two attached hydrogens (primary N) is 1. The molecule has 0 spiro atoms. The first-order chi connectivity index (χ1) is 9.31. The molecular weight excluding hydrogens is 349 g/mol. The predicted octanol–water partition coefficient (Wildman–Crippen LogP) is 2.67. The van der Waals surface area contributed by atoms with Gasteiger partial charge < -0.3 is 5.73 Å². The molecule has 5 nitrogen and oxygen atoms in total. The number of hydrogen-bond acceptors (Lipinski definition) is 4. The van der Waals surface area contributed by atoms with E-state index in [-0.39, 0.29) is 11.4 Å². The van der Waals surface area contributed by atoms with Crippen LogP contribution in [-0.2, 0) is 10.0 Å². The highest BCUT2D eigenvalue weighted by Crippen LogP contribution is 2.32. The number of pyridine rings is 1. The SMILES string of the molecule is Cc1cc(N)c(NS(=O)(=O)c2ncccc2F)c(Br)c1. The third-order valence-corrected chi connectivity index (χ3v) is 4.39. The number of aromatic nitrogens is 1. The zero-order valence-electron chi connectivity index (χ0n) is 10.4. The fraction of sp³-hybridized carbons (Fsp3) is 0.0833. The van der Waals surface area contributed by atoms with Gasteiger partial charge in [0.25, 0.3) is 10.0 Å². The zero-order chi connectivity index (χ0) is 14.9. The summed E-state index contributed by atoms with van der Waals surface area (Å²) < 4.78 is 40.5. The van der Waals surface area contributed by atoms with Gasteiger partial charge in [0.15, 0.2) is 5.82 Å². The van der Waals surface area contributed by atoms with Crippen LogP contribution < -0.4 is 10.5 Å². The van der Waals surface area contributed by atoms with Crippen LogP contribution in [0.1, 0.15) is 5.56 Å². The molecule has 0 bridgehead atoms. The number of nitrogens with zero attached hydrogens (tertiary/aromatic N) is 1. The summed E-state index contributed by atoms with van der Waals surface area (Å²) in [5, 5.41) is -0.674. The molecular formula is C12H11BrFN3O2S. The van der Waals surface area contributed by atoms with E-state index in [4.69, 9.17) is 5.73 Å². The maximum atomic E-state index is 13.5. The minimum atomic E-state index is -4.15. The highest BCUT2D eigenvalue weighted by Gasteiger charge is 2.22. The summed E-state index contributed by atoms with van der Waals surface area (Å²) in [6.07, 6.45) is 1.20. The van der Waals surface area contributed by atoms with Crippen molar-refractivity contribution in [3.63, 3.8) is 0 Å². The monoisotopic (exact) mass is 359 g/mol. The third kappa shape index (κ3) is 2.91. The average molecular weight is 360 g/mol. The molecule has 1 aromatic heterocycles. The Kier molecular flexibility index (Phi) is 3.96. The lowest BCUT2D eigenvalue weighted by Gasteiger charge is -2.12. The lowest BCUT2D eigenvalue weighted by molar-refractivity contribution is 0.557. The second kappa shape index (κ2) is 5.37. The van der Waals surface area contributed by atoms with Crippen LogP contribution in [0.4, 0.5) is 15.8 Å². The summed E-state index contributed by atoms with van der Waals surface area (Å²) in [5.74, 6) is -0.929. The van der Waals surface area contributed by atoms with Gasteiger partial charge >= 0.3 is 0 Å². The number of nitrogen functional groups attached to an aromatic ring is 1. The number of halogens is 2. The first-order valence-electron chi connectivity index (χ1n) is 5.50. The van der Waals surface area contributed by atoms with E-state index in [1.165, 1.54) is 12.3 Å². The van der Waals surface area contributed by atoms with Crippen molar-refractivity contribution in [2.75, 3.05) is 10.5 Å². The van der Waals surface area contributed by atoms with Gasteiger partial charge in [0.2, 0.25) is 5.03 Å². The highest BCUT2D eigenvalue weighted by molar-refractivity contribution is 9.10. The van der Waals surface area contributed by atoms with Gasteiger partial charge in [0, 0.05) is 10.7 Å². The van der Waals surface area contributed by atoms with Gasteiger partial charge in [-0.3, -0.25) is 4.72 Å². The largest absolute Gasteiger partial charge is 0.397 e. The minimum Gasteiger partial charge on any atom is -0.397 e. The van der Waals surface area contributed by atoms with Crippen molar-refractivity contribution in [3.8, 4) is 0 Å². The molecule has 0 aliphatic rings. The molecule has 0 atom stereocenters. The molecule has 20 heavy (non-hydrogen) atoms. The van der Waals surface area contributed by atoms with Gasteiger partial charge in [-0.15, -0.1) is 0 Å². The van der Waals surface area contributed by atoms with Crippen LogP contribution in [0.15, 0.2) is 40.0 Å². The molecule has 0 saturated heterocycles. The van der Waals surface area contributed by atoms with Crippen LogP contribution in [-0.4, -0.2) is 13.4 Å². The van der Waals surface area contributed by atoms with E-state index in [0.717, 1.165) is 11.6 Å². The Balaban J connectivity index is 2.47. The van der Waals surface area contributed by atoms with Crippen molar-refractivity contribution >= 4 is 37.3 Å². The van der Waals surface area contributed by atoms with E-state index in [9.17, 15) is 12.8 Å². The molecule has 1 aromatic carbocycles. The highest BCUT2D eigenvalue weighted by atomic mass is 79.9. The standard InChI is InChI=1S/C12H11BrFN3O2S/c1-7-5-8(13)11(10(15)6-7)17-20(18,19)12-9(14)3-2-4-16-12/h2-6,17H,15H2,1H3. The van der Waals surface area contributed by atoms with Crippen molar-refractivity contribution < 1.29 is 12.8 Å².